The maximum absolute atomic E-state index is 11.4. The molecule has 0 heterocycles. The van der Waals surface area contributed by atoms with Crippen LogP contribution in [-0.4, -0.2) is 5.78 Å². The van der Waals surface area contributed by atoms with Crippen LogP contribution in [0.5, 0.6) is 0 Å². The molecule has 0 spiro atoms. The predicted octanol–water partition coefficient (Wildman–Crippen LogP) is 2.47. The van der Waals surface area contributed by atoms with Gasteiger partial charge in [0, 0.05) is 12.3 Å². The normalized spacial score (nSPS) is 14.6. The highest BCUT2D eigenvalue weighted by Crippen LogP contribution is 2.31. The topological polar surface area (TPSA) is 40.9 Å². The quantitative estimate of drug-likeness (QED) is 0.747. The fourth-order valence-corrected chi connectivity index (χ4v) is 1.62. The van der Waals surface area contributed by atoms with Crippen LogP contribution in [0.2, 0.25) is 0 Å². The number of nitrogens with zero attached hydrogens (tertiary/aromatic N) is 1. The summed E-state index contributed by atoms with van der Waals surface area (Å²) in [5.74, 6) is 0.766. The fraction of sp³-hybridized carbons (Fsp3) is 0.385. The summed E-state index contributed by atoms with van der Waals surface area (Å²) in [6.07, 6.45) is 3.63. The van der Waals surface area contributed by atoms with E-state index in [4.69, 9.17) is 5.26 Å². The summed E-state index contributed by atoms with van der Waals surface area (Å²) >= 11 is 0. The summed E-state index contributed by atoms with van der Waals surface area (Å²) < 4.78 is 0. The molecule has 0 saturated heterocycles. The Morgan fingerprint density at radius 1 is 1.33 bits per heavy atom. The van der Waals surface area contributed by atoms with Crippen LogP contribution in [0.3, 0.4) is 0 Å². The van der Waals surface area contributed by atoms with E-state index in [0.29, 0.717) is 23.7 Å². The molecule has 0 amide bonds. The van der Waals surface area contributed by atoms with E-state index in [0.717, 1.165) is 24.8 Å². The van der Waals surface area contributed by atoms with E-state index in [9.17, 15) is 4.79 Å². The van der Waals surface area contributed by atoms with E-state index in [-0.39, 0.29) is 0 Å². The molecule has 0 N–H and O–H groups in total. The first-order valence-electron chi connectivity index (χ1n) is 5.31. The van der Waals surface area contributed by atoms with Gasteiger partial charge in [-0.15, -0.1) is 0 Å². The minimum atomic E-state index is 0.364. The van der Waals surface area contributed by atoms with E-state index in [1.807, 2.05) is 12.1 Å². The van der Waals surface area contributed by atoms with Gasteiger partial charge in [0.05, 0.1) is 11.6 Å². The Morgan fingerprint density at radius 3 is 2.53 bits per heavy atom. The van der Waals surface area contributed by atoms with Crippen LogP contribution >= 0.6 is 0 Å². The van der Waals surface area contributed by atoms with E-state index < -0.39 is 0 Å². The van der Waals surface area contributed by atoms with Crippen LogP contribution in [0.15, 0.2) is 24.3 Å². The molecule has 0 radical (unpaired) electrons. The first-order valence-corrected chi connectivity index (χ1v) is 5.31. The lowest BCUT2D eigenvalue weighted by Gasteiger charge is -2.00. The van der Waals surface area contributed by atoms with Crippen LogP contribution in [-0.2, 0) is 11.2 Å². The van der Waals surface area contributed by atoms with Crippen molar-refractivity contribution in [2.75, 3.05) is 0 Å². The summed E-state index contributed by atoms with van der Waals surface area (Å²) in [4.78, 5) is 11.4. The zero-order valence-electron chi connectivity index (χ0n) is 8.57. The number of carbonyl (C=O) groups excluding carboxylic acids is 1. The Hall–Kier alpha value is -1.62. The number of benzene rings is 1. The molecule has 1 aromatic rings. The minimum Gasteiger partial charge on any atom is -0.299 e. The average molecular weight is 199 g/mol. The smallest absolute Gasteiger partial charge is 0.136 e. The third-order valence-electron chi connectivity index (χ3n) is 2.78. The second kappa shape index (κ2) is 4.27. The van der Waals surface area contributed by atoms with Crippen molar-refractivity contribution in [2.24, 2.45) is 5.92 Å². The lowest BCUT2D eigenvalue weighted by atomic mass is 10.0. The highest BCUT2D eigenvalue weighted by Gasteiger charge is 2.28. The van der Waals surface area contributed by atoms with Crippen LogP contribution in [0, 0.1) is 17.2 Å². The van der Waals surface area contributed by atoms with Gasteiger partial charge in [0.25, 0.3) is 0 Å². The summed E-state index contributed by atoms with van der Waals surface area (Å²) in [5, 5.41) is 8.62. The van der Waals surface area contributed by atoms with E-state index >= 15 is 0 Å². The Balaban J connectivity index is 1.87. The largest absolute Gasteiger partial charge is 0.299 e. The molecule has 1 aromatic carbocycles. The molecule has 0 bridgehead atoms. The molecule has 2 nitrogen and oxygen atoms in total. The summed E-state index contributed by atoms with van der Waals surface area (Å²) in [5.41, 5.74) is 1.82. The van der Waals surface area contributed by atoms with E-state index in [1.54, 1.807) is 12.1 Å². The van der Waals surface area contributed by atoms with Crippen LogP contribution in [0.25, 0.3) is 0 Å². The van der Waals surface area contributed by atoms with Crippen LogP contribution < -0.4 is 0 Å². The van der Waals surface area contributed by atoms with Gasteiger partial charge >= 0.3 is 0 Å². The van der Waals surface area contributed by atoms with Crippen LogP contribution in [0.4, 0.5) is 0 Å². The summed E-state index contributed by atoms with van der Waals surface area (Å²) in [7, 11) is 0. The van der Waals surface area contributed by atoms with Gasteiger partial charge < -0.3 is 0 Å². The van der Waals surface area contributed by atoms with E-state index in [2.05, 4.69) is 6.07 Å². The molecular weight excluding hydrogens is 186 g/mol. The Bertz CT molecular complexity index is 396. The average Bonchev–Trinajstić information content (AvgIpc) is 3.10. The molecule has 1 fully saturated rings. The second-order valence-corrected chi connectivity index (χ2v) is 4.05. The third kappa shape index (κ3) is 2.66. The number of aryl methyl sites for hydroxylation is 1. The number of ketones is 1. The van der Waals surface area contributed by atoms with Crippen LogP contribution in [0.1, 0.15) is 30.4 Å². The van der Waals surface area contributed by atoms with E-state index in [1.165, 1.54) is 0 Å². The molecule has 15 heavy (non-hydrogen) atoms. The maximum Gasteiger partial charge on any atom is 0.136 e. The third-order valence-corrected chi connectivity index (χ3v) is 2.78. The maximum atomic E-state index is 11.4. The standard InChI is InChI=1S/C13H13NO/c14-9-11-3-1-10(2-4-11)5-8-13(15)12-6-7-12/h1-4,12H,5-8H2. The first kappa shape index (κ1) is 9.92. The van der Waals surface area contributed by atoms with Gasteiger partial charge in [0.2, 0.25) is 0 Å². The summed E-state index contributed by atoms with van der Waals surface area (Å²) in [6, 6.07) is 9.54. The van der Waals surface area contributed by atoms with Crippen molar-refractivity contribution in [1.29, 1.82) is 5.26 Å². The van der Waals surface area contributed by atoms with Crippen molar-refractivity contribution in [3.8, 4) is 6.07 Å². The van der Waals surface area contributed by atoms with Crippen molar-refractivity contribution < 1.29 is 4.79 Å². The Morgan fingerprint density at radius 2 is 2.00 bits per heavy atom. The molecule has 1 saturated carbocycles. The Kier molecular flexibility index (Phi) is 2.82. The molecule has 0 aromatic heterocycles. The summed E-state index contributed by atoms with van der Waals surface area (Å²) in [6.45, 7) is 0. The SMILES string of the molecule is N#Cc1ccc(CCC(=O)C2CC2)cc1. The molecule has 1 aliphatic rings. The minimum absolute atomic E-state index is 0.364. The van der Waals surface area contributed by atoms with Crippen molar-refractivity contribution in [3.63, 3.8) is 0 Å². The number of rotatable bonds is 4. The highest BCUT2D eigenvalue weighted by atomic mass is 16.1. The molecule has 76 valence electrons. The molecule has 2 heteroatoms. The molecule has 0 atom stereocenters. The number of hydrogen-bond acceptors (Lipinski definition) is 2. The van der Waals surface area contributed by atoms with Gasteiger partial charge in [-0.1, -0.05) is 12.1 Å². The van der Waals surface area contributed by atoms with Gasteiger partial charge in [-0.3, -0.25) is 4.79 Å². The zero-order valence-corrected chi connectivity index (χ0v) is 8.57. The second-order valence-electron chi connectivity index (χ2n) is 4.05. The van der Waals surface area contributed by atoms with Gasteiger partial charge in [-0.2, -0.15) is 5.26 Å². The molecule has 0 aliphatic heterocycles. The predicted molar refractivity (Wildman–Crippen MR) is 57.2 cm³/mol. The van der Waals surface area contributed by atoms with Gasteiger partial charge in [-0.25, -0.2) is 0 Å². The number of nitriles is 1. The number of Topliss-reactive ketones (excluding diaryl/α,β-unsaturated/α-hetero) is 1. The molecule has 0 unspecified atom stereocenters. The van der Waals surface area contributed by atoms with Gasteiger partial charge in [0.15, 0.2) is 0 Å². The lowest BCUT2D eigenvalue weighted by Crippen LogP contribution is -2.01. The van der Waals surface area contributed by atoms with Gasteiger partial charge in [0.1, 0.15) is 5.78 Å². The van der Waals surface area contributed by atoms with Crippen molar-refractivity contribution in [2.45, 2.75) is 25.7 Å². The lowest BCUT2D eigenvalue weighted by molar-refractivity contribution is -0.120. The van der Waals surface area contributed by atoms with Crippen molar-refractivity contribution in [1.82, 2.24) is 0 Å². The molecule has 1 aliphatic carbocycles. The van der Waals surface area contributed by atoms with Crippen molar-refractivity contribution in [3.05, 3.63) is 35.4 Å². The van der Waals surface area contributed by atoms with Gasteiger partial charge in [-0.05, 0) is 37.0 Å². The number of hydrogen-bond donors (Lipinski definition) is 0. The highest BCUT2D eigenvalue weighted by molar-refractivity contribution is 5.83. The first-order chi connectivity index (χ1) is 7.29. The number of carbonyl (C=O) groups is 1. The zero-order chi connectivity index (χ0) is 10.7. The molecule has 2 rings (SSSR count). The Labute approximate surface area is 89.5 Å². The molecular formula is C13H13NO. The fourth-order valence-electron chi connectivity index (χ4n) is 1.62. The van der Waals surface area contributed by atoms with Crippen molar-refractivity contribution >= 4 is 5.78 Å². The monoisotopic (exact) mass is 199 g/mol.